The molecule has 0 aliphatic rings. The lowest BCUT2D eigenvalue weighted by molar-refractivity contribution is 0.182. The quantitative estimate of drug-likeness (QED) is 0.878. The Hall–Kier alpha value is -1.79. The van der Waals surface area contributed by atoms with Crippen molar-refractivity contribution in [3.63, 3.8) is 0 Å². The maximum Gasteiger partial charge on any atom is 0.243 e. The second-order valence-corrected chi connectivity index (χ2v) is 3.85. The van der Waals surface area contributed by atoms with Gasteiger partial charge >= 0.3 is 0 Å². The van der Waals surface area contributed by atoms with Gasteiger partial charge in [0.25, 0.3) is 0 Å². The van der Waals surface area contributed by atoms with Crippen molar-refractivity contribution < 1.29 is 13.7 Å². The van der Waals surface area contributed by atoms with Crippen molar-refractivity contribution in [3.8, 4) is 11.4 Å². The summed E-state index contributed by atoms with van der Waals surface area (Å²) in [6.07, 6.45) is 0.585. The van der Waals surface area contributed by atoms with Crippen LogP contribution in [0.5, 0.6) is 0 Å². The van der Waals surface area contributed by atoms with E-state index in [9.17, 15) is 4.39 Å². The SMILES string of the molecule is COCCC(N)c1nc(-c2cccc(F)c2)no1. The summed E-state index contributed by atoms with van der Waals surface area (Å²) in [6, 6.07) is 5.62. The van der Waals surface area contributed by atoms with Crippen LogP contribution in [0.3, 0.4) is 0 Å². The molecule has 0 radical (unpaired) electrons. The molecule has 1 heterocycles. The lowest BCUT2D eigenvalue weighted by Gasteiger charge is -2.04. The fourth-order valence-corrected chi connectivity index (χ4v) is 1.50. The molecule has 1 atom stereocenters. The molecule has 6 heteroatoms. The molecule has 18 heavy (non-hydrogen) atoms. The Labute approximate surface area is 104 Å². The standard InChI is InChI=1S/C12H14FN3O2/c1-17-6-5-10(14)12-15-11(16-18-12)8-3-2-4-9(13)7-8/h2-4,7,10H,5-6,14H2,1H3. The first-order valence-corrected chi connectivity index (χ1v) is 5.55. The third kappa shape index (κ3) is 2.91. The van der Waals surface area contributed by atoms with Gasteiger partial charge in [0.15, 0.2) is 0 Å². The Kier molecular flexibility index (Phi) is 4.01. The van der Waals surface area contributed by atoms with Gasteiger partial charge < -0.3 is 15.0 Å². The van der Waals surface area contributed by atoms with E-state index in [4.69, 9.17) is 15.0 Å². The number of hydrogen-bond acceptors (Lipinski definition) is 5. The molecule has 96 valence electrons. The van der Waals surface area contributed by atoms with Crippen molar-refractivity contribution in [2.24, 2.45) is 5.73 Å². The molecule has 0 amide bonds. The van der Waals surface area contributed by atoms with E-state index in [1.165, 1.54) is 12.1 Å². The first-order chi connectivity index (χ1) is 8.70. The summed E-state index contributed by atoms with van der Waals surface area (Å²) in [4.78, 5) is 4.15. The molecule has 0 aliphatic carbocycles. The molecule has 2 rings (SSSR count). The number of nitrogens with zero attached hydrogens (tertiary/aromatic N) is 2. The third-order valence-electron chi connectivity index (χ3n) is 2.47. The number of hydrogen-bond donors (Lipinski definition) is 1. The van der Waals surface area contributed by atoms with E-state index in [2.05, 4.69) is 10.1 Å². The molecule has 0 spiro atoms. The maximum atomic E-state index is 13.1. The van der Waals surface area contributed by atoms with Gasteiger partial charge in [0, 0.05) is 19.3 Å². The van der Waals surface area contributed by atoms with E-state index in [0.717, 1.165) is 0 Å². The minimum Gasteiger partial charge on any atom is -0.385 e. The fourth-order valence-electron chi connectivity index (χ4n) is 1.50. The van der Waals surface area contributed by atoms with Crippen molar-refractivity contribution in [1.82, 2.24) is 10.1 Å². The van der Waals surface area contributed by atoms with Crippen LogP contribution in [-0.4, -0.2) is 23.9 Å². The highest BCUT2D eigenvalue weighted by Gasteiger charge is 2.15. The van der Waals surface area contributed by atoms with Gasteiger partial charge in [-0.15, -0.1) is 0 Å². The second-order valence-electron chi connectivity index (χ2n) is 3.85. The predicted octanol–water partition coefficient (Wildman–Crippen LogP) is 1.91. The van der Waals surface area contributed by atoms with Crippen molar-refractivity contribution in [3.05, 3.63) is 36.0 Å². The summed E-state index contributed by atoms with van der Waals surface area (Å²) in [7, 11) is 1.60. The summed E-state index contributed by atoms with van der Waals surface area (Å²) >= 11 is 0. The largest absolute Gasteiger partial charge is 0.385 e. The average molecular weight is 251 g/mol. The highest BCUT2D eigenvalue weighted by molar-refractivity contribution is 5.53. The van der Waals surface area contributed by atoms with E-state index in [1.54, 1.807) is 19.2 Å². The summed E-state index contributed by atoms with van der Waals surface area (Å²) in [5.74, 6) is 0.311. The van der Waals surface area contributed by atoms with Crippen LogP contribution >= 0.6 is 0 Å². The van der Waals surface area contributed by atoms with Gasteiger partial charge in [0.2, 0.25) is 11.7 Å². The minimum absolute atomic E-state index is 0.325. The lowest BCUT2D eigenvalue weighted by atomic mass is 10.2. The van der Waals surface area contributed by atoms with Gasteiger partial charge in [0.1, 0.15) is 5.82 Å². The van der Waals surface area contributed by atoms with Crippen molar-refractivity contribution in [2.75, 3.05) is 13.7 Å². The van der Waals surface area contributed by atoms with Crippen molar-refractivity contribution in [2.45, 2.75) is 12.5 Å². The van der Waals surface area contributed by atoms with Gasteiger partial charge in [-0.05, 0) is 18.6 Å². The highest BCUT2D eigenvalue weighted by Crippen LogP contribution is 2.19. The molecule has 2 aromatic rings. The Morgan fingerprint density at radius 1 is 1.50 bits per heavy atom. The summed E-state index contributed by atoms with van der Waals surface area (Å²) in [5, 5.41) is 3.78. The Balaban J connectivity index is 2.15. The van der Waals surface area contributed by atoms with E-state index >= 15 is 0 Å². The monoisotopic (exact) mass is 251 g/mol. The van der Waals surface area contributed by atoms with Crippen LogP contribution in [0.15, 0.2) is 28.8 Å². The minimum atomic E-state index is -0.375. The van der Waals surface area contributed by atoms with Gasteiger partial charge in [-0.2, -0.15) is 4.98 Å². The molecule has 2 N–H and O–H groups in total. The number of aromatic nitrogens is 2. The number of halogens is 1. The fraction of sp³-hybridized carbons (Fsp3) is 0.333. The second kappa shape index (κ2) is 5.70. The molecule has 1 aromatic heterocycles. The Bertz CT molecular complexity index is 516. The average Bonchev–Trinajstić information content (AvgIpc) is 2.85. The zero-order chi connectivity index (χ0) is 13.0. The zero-order valence-electron chi connectivity index (χ0n) is 9.97. The van der Waals surface area contributed by atoms with E-state index in [-0.39, 0.29) is 11.9 Å². The van der Waals surface area contributed by atoms with Crippen LogP contribution in [0.2, 0.25) is 0 Å². The van der Waals surface area contributed by atoms with Crippen LogP contribution in [-0.2, 0) is 4.74 Å². The molecule has 0 fully saturated rings. The molecule has 1 unspecified atom stereocenters. The van der Waals surface area contributed by atoms with Gasteiger partial charge in [0.05, 0.1) is 6.04 Å². The number of nitrogens with two attached hydrogens (primary N) is 1. The van der Waals surface area contributed by atoms with Crippen LogP contribution in [0.1, 0.15) is 18.4 Å². The van der Waals surface area contributed by atoms with Crippen molar-refractivity contribution in [1.29, 1.82) is 0 Å². The highest BCUT2D eigenvalue weighted by atomic mass is 19.1. The summed E-state index contributed by atoms with van der Waals surface area (Å²) in [6.45, 7) is 0.513. The summed E-state index contributed by atoms with van der Waals surface area (Å²) in [5.41, 5.74) is 6.41. The predicted molar refractivity (Wildman–Crippen MR) is 63.1 cm³/mol. The Morgan fingerprint density at radius 2 is 2.33 bits per heavy atom. The van der Waals surface area contributed by atoms with Crippen LogP contribution in [0.4, 0.5) is 4.39 Å². The molecule has 0 saturated carbocycles. The smallest absolute Gasteiger partial charge is 0.243 e. The van der Waals surface area contributed by atoms with Crippen LogP contribution in [0.25, 0.3) is 11.4 Å². The van der Waals surface area contributed by atoms with Gasteiger partial charge in [-0.3, -0.25) is 0 Å². The van der Waals surface area contributed by atoms with Gasteiger partial charge in [-0.1, -0.05) is 17.3 Å². The van der Waals surface area contributed by atoms with Crippen LogP contribution in [0, 0.1) is 5.82 Å². The van der Waals surface area contributed by atoms with E-state index in [0.29, 0.717) is 30.3 Å². The van der Waals surface area contributed by atoms with Gasteiger partial charge in [-0.25, -0.2) is 4.39 Å². The van der Waals surface area contributed by atoms with Crippen LogP contribution < -0.4 is 5.73 Å². The molecule has 0 bridgehead atoms. The molecular weight excluding hydrogens is 237 g/mol. The number of methoxy groups -OCH3 is 1. The first-order valence-electron chi connectivity index (χ1n) is 5.55. The third-order valence-corrected chi connectivity index (χ3v) is 2.47. The maximum absolute atomic E-state index is 13.1. The van der Waals surface area contributed by atoms with Crippen molar-refractivity contribution >= 4 is 0 Å². The molecular formula is C12H14FN3O2. The Morgan fingerprint density at radius 3 is 3.06 bits per heavy atom. The molecule has 0 aliphatic heterocycles. The summed E-state index contributed by atoms with van der Waals surface area (Å²) < 4.78 is 23.0. The van der Waals surface area contributed by atoms with E-state index in [1.807, 2.05) is 0 Å². The van der Waals surface area contributed by atoms with E-state index < -0.39 is 0 Å². The molecule has 0 saturated heterocycles. The topological polar surface area (TPSA) is 74.2 Å². The zero-order valence-corrected chi connectivity index (χ0v) is 9.97. The lowest BCUT2D eigenvalue weighted by Crippen LogP contribution is -2.12. The number of benzene rings is 1. The molecule has 1 aromatic carbocycles. The first kappa shape index (κ1) is 12.7. The number of ether oxygens (including phenoxy) is 1. The number of rotatable bonds is 5. The molecule has 5 nitrogen and oxygen atoms in total. The normalized spacial score (nSPS) is 12.6.